The smallest absolute Gasteiger partial charge is 0.341 e. The van der Waals surface area contributed by atoms with Crippen molar-refractivity contribution in [3.8, 4) is 23.0 Å². The van der Waals surface area contributed by atoms with Gasteiger partial charge in [-0.25, -0.2) is 9.59 Å². The van der Waals surface area contributed by atoms with Gasteiger partial charge in [-0.15, -0.1) is 0 Å². The van der Waals surface area contributed by atoms with E-state index in [2.05, 4.69) is 13.8 Å². The Balaban J connectivity index is 1.18. The second-order valence-corrected chi connectivity index (χ2v) is 14.0. The first-order valence-corrected chi connectivity index (χ1v) is 18.1. The van der Waals surface area contributed by atoms with Crippen LogP contribution in [-0.2, 0) is 38.1 Å². The number of hydrogen-bond donors (Lipinski definition) is 4. The molecule has 0 aliphatic rings. The Hall–Kier alpha value is -7.62. The van der Waals surface area contributed by atoms with Crippen molar-refractivity contribution in [3.63, 3.8) is 0 Å². The molecule has 0 saturated heterocycles. The first-order valence-electron chi connectivity index (χ1n) is 18.1. The summed E-state index contributed by atoms with van der Waals surface area (Å²) in [6, 6.07) is 24.7. The van der Waals surface area contributed by atoms with Crippen LogP contribution < -0.4 is 30.4 Å². The molecule has 0 bridgehead atoms. The third-order valence-corrected chi connectivity index (χ3v) is 10.1. The largest absolute Gasteiger partial charge is 0.481 e. The number of Topliss-reactive ketones (excluding diaryl/α,β-unsaturated/α-hetero) is 2. The number of carbonyl (C=O) groups excluding carboxylic acids is 4. The van der Waals surface area contributed by atoms with E-state index < -0.39 is 53.9 Å². The number of primary amides is 2. The highest BCUT2D eigenvalue weighted by atomic mass is 16.5. The van der Waals surface area contributed by atoms with Gasteiger partial charge in [-0.1, -0.05) is 50.2 Å². The lowest BCUT2D eigenvalue weighted by molar-refractivity contribution is -0.140. The molecule has 0 unspecified atom stereocenters. The number of carbonyl (C=O) groups is 6. The molecule has 0 aliphatic carbocycles. The number of hydrogen-bond acceptors (Lipinski definition) is 10. The molecular weight excluding hydrogens is 764 g/mol. The summed E-state index contributed by atoms with van der Waals surface area (Å²) in [6.45, 7) is 5.97. The van der Waals surface area contributed by atoms with E-state index >= 15 is 0 Å². The van der Waals surface area contributed by atoms with Crippen LogP contribution >= 0.6 is 0 Å². The molecule has 59 heavy (non-hydrogen) atoms. The van der Waals surface area contributed by atoms with Crippen LogP contribution in [0.4, 0.5) is 0 Å². The van der Waals surface area contributed by atoms with Gasteiger partial charge >= 0.3 is 11.9 Å². The fourth-order valence-electron chi connectivity index (χ4n) is 7.02. The molecule has 16 heteroatoms. The number of ether oxygens (including phenoxy) is 4. The molecule has 0 atom stereocenters. The molecule has 304 valence electrons. The summed E-state index contributed by atoms with van der Waals surface area (Å²) in [6.07, 6.45) is 0. The van der Waals surface area contributed by atoms with Gasteiger partial charge in [0.1, 0.15) is 23.0 Å². The maximum Gasteiger partial charge on any atom is 0.341 e. The number of ketones is 2. The molecule has 2 heterocycles. The second kappa shape index (κ2) is 16.5. The topological polar surface area (TPSA) is 242 Å². The molecule has 4 aromatic carbocycles. The molecule has 6 N–H and O–H groups in total. The lowest BCUT2D eigenvalue weighted by Gasteiger charge is -2.26. The molecule has 0 saturated carbocycles. The summed E-state index contributed by atoms with van der Waals surface area (Å²) in [5.74, 6) is -5.38. The summed E-state index contributed by atoms with van der Waals surface area (Å²) in [7, 11) is 0. The Morgan fingerprint density at radius 3 is 1.24 bits per heavy atom. The SMILES string of the molecule is Cc1c(C(=O)C(N)=O)c2c(OCC(=O)O)cccc2n1COc1ccc(C(C)(C)c2ccc(OCn3c(C)c(C(=O)C(N)=O)c4c(OCC(=O)O)cccc43)cc2)cc1. The maximum atomic E-state index is 12.9. The third kappa shape index (κ3) is 8.14. The Kier molecular flexibility index (Phi) is 11.4. The zero-order chi connectivity index (χ0) is 42.8. The van der Waals surface area contributed by atoms with Crippen molar-refractivity contribution in [1.82, 2.24) is 9.13 Å². The minimum atomic E-state index is -1.21. The van der Waals surface area contributed by atoms with Crippen molar-refractivity contribution in [1.29, 1.82) is 0 Å². The van der Waals surface area contributed by atoms with Crippen LogP contribution in [0.25, 0.3) is 21.8 Å². The summed E-state index contributed by atoms with van der Waals surface area (Å²) in [5.41, 5.74) is 13.9. The van der Waals surface area contributed by atoms with Gasteiger partial charge in [0.2, 0.25) is 0 Å². The summed E-state index contributed by atoms with van der Waals surface area (Å²) in [5, 5.41) is 18.8. The molecule has 0 aliphatic heterocycles. The van der Waals surface area contributed by atoms with Gasteiger partial charge in [-0.05, 0) is 73.5 Å². The van der Waals surface area contributed by atoms with Crippen LogP contribution in [0.3, 0.4) is 0 Å². The first kappa shape index (κ1) is 41.0. The molecule has 2 amide bonds. The van der Waals surface area contributed by atoms with Crippen molar-refractivity contribution < 1.29 is 57.9 Å². The van der Waals surface area contributed by atoms with Crippen molar-refractivity contribution in [3.05, 3.63) is 119 Å². The molecule has 0 radical (unpaired) electrons. The quantitative estimate of drug-likeness (QED) is 0.0672. The summed E-state index contributed by atoms with van der Waals surface area (Å²) < 4.78 is 26.5. The molecule has 6 aromatic rings. The normalized spacial score (nSPS) is 11.3. The van der Waals surface area contributed by atoms with Gasteiger partial charge in [-0.3, -0.25) is 19.2 Å². The number of fused-ring (bicyclic) bond motifs is 2. The second-order valence-electron chi connectivity index (χ2n) is 14.0. The zero-order valence-corrected chi connectivity index (χ0v) is 32.4. The number of aliphatic carboxylic acids is 2. The third-order valence-electron chi connectivity index (χ3n) is 10.1. The van der Waals surface area contributed by atoms with Crippen LogP contribution in [0.15, 0.2) is 84.9 Å². The van der Waals surface area contributed by atoms with Gasteiger partial charge < -0.3 is 49.8 Å². The maximum absolute atomic E-state index is 12.9. The van der Waals surface area contributed by atoms with Crippen molar-refractivity contribution in [2.75, 3.05) is 13.2 Å². The average molecular weight is 805 g/mol. The minimum absolute atomic E-state index is 0.00317. The minimum Gasteiger partial charge on any atom is -0.481 e. The zero-order valence-electron chi connectivity index (χ0n) is 32.4. The van der Waals surface area contributed by atoms with Crippen LogP contribution in [-0.4, -0.2) is 67.9 Å². The summed E-state index contributed by atoms with van der Waals surface area (Å²) in [4.78, 5) is 72.1. The van der Waals surface area contributed by atoms with Gasteiger partial charge in [0, 0.05) is 16.8 Å². The average Bonchev–Trinajstić information content (AvgIpc) is 3.66. The monoisotopic (exact) mass is 804 g/mol. The van der Waals surface area contributed by atoms with E-state index in [1.54, 1.807) is 47.2 Å². The van der Waals surface area contributed by atoms with E-state index in [1.165, 1.54) is 12.1 Å². The van der Waals surface area contributed by atoms with Gasteiger partial charge in [-0.2, -0.15) is 0 Å². The van der Waals surface area contributed by atoms with E-state index in [4.69, 9.17) is 40.6 Å². The number of amides is 2. The first-order chi connectivity index (χ1) is 28.0. The number of carboxylic acid groups (broad SMARTS) is 2. The van der Waals surface area contributed by atoms with Crippen LogP contribution in [0.5, 0.6) is 23.0 Å². The Morgan fingerprint density at radius 1 is 0.559 bits per heavy atom. The number of aromatic nitrogens is 2. The van der Waals surface area contributed by atoms with Crippen molar-refractivity contribution >= 4 is 57.1 Å². The van der Waals surface area contributed by atoms with Crippen LogP contribution in [0.2, 0.25) is 0 Å². The Morgan fingerprint density at radius 2 is 0.915 bits per heavy atom. The predicted octanol–water partition coefficient (Wildman–Crippen LogP) is 4.87. The van der Waals surface area contributed by atoms with E-state index in [9.17, 15) is 28.8 Å². The number of nitrogens with two attached hydrogens (primary N) is 2. The Labute approximate surface area is 336 Å². The standard InChI is InChI=1S/C43H40N4O12/c1-23-35(39(52)41(44)54)37-29(7-5-9-31(37)56-19-33(48)49)46(23)21-58-27-15-11-25(12-16-27)43(3,4)26-13-17-28(18-14-26)59-22-47-24(2)36(40(53)42(45)55)38-30(47)8-6-10-32(38)57-20-34(50)51/h5-18H,19-22H2,1-4H3,(H2,44,54)(H2,45,55)(H,48,49)(H,50,51). The lowest BCUT2D eigenvalue weighted by atomic mass is 9.78. The van der Waals surface area contributed by atoms with Crippen molar-refractivity contribution in [2.24, 2.45) is 11.5 Å². The predicted molar refractivity (Wildman–Crippen MR) is 213 cm³/mol. The molecule has 0 fully saturated rings. The number of carboxylic acids is 2. The highest BCUT2D eigenvalue weighted by Gasteiger charge is 2.29. The van der Waals surface area contributed by atoms with E-state index in [0.29, 0.717) is 33.9 Å². The van der Waals surface area contributed by atoms with Crippen LogP contribution in [0, 0.1) is 13.8 Å². The molecular formula is C43H40N4O12. The summed E-state index contributed by atoms with van der Waals surface area (Å²) >= 11 is 0. The fourth-order valence-corrected chi connectivity index (χ4v) is 7.02. The molecule has 6 rings (SSSR count). The van der Waals surface area contributed by atoms with E-state index in [-0.39, 0.29) is 46.9 Å². The highest BCUT2D eigenvalue weighted by molar-refractivity contribution is 6.45. The number of nitrogens with zero attached hydrogens (tertiary/aromatic N) is 2. The Bertz CT molecular complexity index is 2470. The lowest BCUT2D eigenvalue weighted by Crippen LogP contribution is -2.24. The number of benzene rings is 4. The molecule has 16 nitrogen and oxygen atoms in total. The van der Waals surface area contributed by atoms with Crippen molar-refractivity contribution in [2.45, 2.75) is 46.6 Å². The fraction of sp³-hybridized carbons (Fsp3) is 0.209. The molecule has 2 aromatic heterocycles. The van der Waals surface area contributed by atoms with E-state index in [1.807, 2.05) is 48.5 Å². The van der Waals surface area contributed by atoms with Gasteiger partial charge in [0.15, 0.2) is 26.7 Å². The van der Waals surface area contributed by atoms with Crippen LogP contribution in [0.1, 0.15) is 57.1 Å². The molecule has 0 spiro atoms. The van der Waals surface area contributed by atoms with E-state index in [0.717, 1.165) is 11.1 Å². The van der Waals surface area contributed by atoms with Gasteiger partial charge in [0.25, 0.3) is 23.4 Å². The highest BCUT2D eigenvalue weighted by Crippen LogP contribution is 2.37. The van der Waals surface area contributed by atoms with Gasteiger partial charge in [0.05, 0.1) is 32.9 Å². The number of rotatable bonds is 18.